The number of nitrogens with one attached hydrogen (secondary N) is 3. The zero-order valence-electron chi connectivity index (χ0n) is 14.1. The first-order chi connectivity index (χ1) is 11.1. The molecule has 2 rings (SSSR count). The lowest BCUT2D eigenvalue weighted by Gasteiger charge is -2.37. The fourth-order valence-corrected chi connectivity index (χ4v) is 2.80. The Labute approximate surface area is 148 Å². The van der Waals surface area contributed by atoms with Gasteiger partial charge in [0.05, 0.1) is 18.4 Å². The lowest BCUT2D eigenvalue weighted by Crippen LogP contribution is -2.51. The molecule has 24 heavy (non-hydrogen) atoms. The highest BCUT2D eigenvalue weighted by atomic mass is 35.5. The predicted octanol–water partition coefficient (Wildman–Crippen LogP) is 0.952. The van der Waals surface area contributed by atoms with Crippen LogP contribution in [0.25, 0.3) is 0 Å². The van der Waals surface area contributed by atoms with E-state index in [4.69, 9.17) is 9.15 Å². The SMILES string of the molecule is COCC1(CNC(=O)C(C)NC(=O)c2ccoc2)CCNCC1.Cl. The molecular formula is C16H26ClN3O4. The third kappa shape index (κ3) is 5.51. The Balaban J connectivity index is 0.00000288. The second kappa shape index (κ2) is 9.66. The summed E-state index contributed by atoms with van der Waals surface area (Å²) in [6.07, 6.45) is 4.68. The molecule has 2 amide bonds. The third-order valence-electron chi connectivity index (χ3n) is 4.28. The first kappa shape index (κ1) is 20.5. The number of methoxy groups -OCH3 is 1. The molecule has 136 valence electrons. The van der Waals surface area contributed by atoms with Gasteiger partial charge in [-0.3, -0.25) is 9.59 Å². The monoisotopic (exact) mass is 359 g/mol. The van der Waals surface area contributed by atoms with Crippen LogP contribution in [0.2, 0.25) is 0 Å². The first-order valence-corrected chi connectivity index (χ1v) is 7.87. The maximum absolute atomic E-state index is 12.2. The Hall–Kier alpha value is -1.57. The zero-order chi connectivity index (χ0) is 16.7. The summed E-state index contributed by atoms with van der Waals surface area (Å²) >= 11 is 0. The van der Waals surface area contributed by atoms with E-state index in [1.54, 1.807) is 20.1 Å². The third-order valence-corrected chi connectivity index (χ3v) is 4.28. The van der Waals surface area contributed by atoms with Gasteiger partial charge in [-0.15, -0.1) is 12.4 Å². The number of hydrogen-bond donors (Lipinski definition) is 3. The Bertz CT molecular complexity index is 510. The summed E-state index contributed by atoms with van der Waals surface area (Å²) < 4.78 is 10.2. The average Bonchev–Trinajstić information content (AvgIpc) is 3.08. The van der Waals surface area contributed by atoms with Gasteiger partial charge in [0.1, 0.15) is 12.3 Å². The first-order valence-electron chi connectivity index (χ1n) is 7.87. The van der Waals surface area contributed by atoms with Gasteiger partial charge in [-0.1, -0.05) is 0 Å². The molecule has 0 spiro atoms. The van der Waals surface area contributed by atoms with Crippen LogP contribution >= 0.6 is 12.4 Å². The van der Waals surface area contributed by atoms with Crippen molar-refractivity contribution >= 4 is 24.2 Å². The van der Waals surface area contributed by atoms with Crippen LogP contribution in [0.5, 0.6) is 0 Å². The van der Waals surface area contributed by atoms with E-state index in [0.29, 0.717) is 18.7 Å². The lowest BCUT2D eigenvalue weighted by atomic mass is 9.79. The van der Waals surface area contributed by atoms with Crippen LogP contribution in [0, 0.1) is 5.41 Å². The standard InChI is InChI=1S/C16H25N3O4.ClH/c1-12(19-15(21)13-3-8-23-9-13)14(20)18-10-16(11-22-2)4-6-17-7-5-16;/h3,8-9,12,17H,4-7,10-11H2,1-2H3,(H,18,20)(H,19,21);1H. The molecular weight excluding hydrogens is 334 g/mol. The number of rotatable bonds is 7. The minimum atomic E-state index is -0.612. The van der Waals surface area contributed by atoms with Crippen LogP contribution in [0.4, 0.5) is 0 Å². The Morgan fingerprint density at radius 1 is 1.42 bits per heavy atom. The summed E-state index contributed by atoms with van der Waals surface area (Å²) in [7, 11) is 1.68. The number of halogens is 1. The Morgan fingerprint density at radius 3 is 2.71 bits per heavy atom. The van der Waals surface area contributed by atoms with Gasteiger partial charge in [0.2, 0.25) is 5.91 Å². The van der Waals surface area contributed by atoms with E-state index in [0.717, 1.165) is 25.9 Å². The van der Waals surface area contributed by atoms with Crippen LogP contribution in [0.15, 0.2) is 23.0 Å². The van der Waals surface area contributed by atoms with Crippen LogP contribution < -0.4 is 16.0 Å². The van der Waals surface area contributed by atoms with E-state index in [-0.39, 0.29) is 29.6 Å². The summed E-state index contributed by atoms with van der Waals surface area (Å²) in [5, 5.41) is 8.92. The van der Waals surface area contributed by atoms with Gasteiger partial charge in [-0.2, -0.15) is 0 Å². The second-order valence-electron chi connectivity index (χ2n) is 6.11. The number of carbonyl (C=O) groups is 2. The zero-order valence-corrected chi connectivity index (χ0v) is 14.9. The van der Waals surface area contributed by atoms with Crippen molar-refractivity contribution in [3.63, 3.8) is 0 Å². The molecule has 1 unspecified atom stereocenters. The molecule has 1 aliphatic rings. The average molecular weight is 360 g/mol. The normalized spacial score (nSPS) is 17.4. The molecule has 0 bridgehead atoms. The summed E-state index contributed by atoms with van der Waals surface area (Å²) in [4.78, 5) is 24.1. The smallest absolute Gasteiger partial charge is 0.255 e. The number of ether oxygens (including phenoxy) is 1. The molecule has 1 aromatic heterocycles. The van der Waals surface area contributed by atoms with Crippen molar-refractivity contribution in [1.82, 2.24) is 16.0 Å². The molecule has 7 nitrogen and oxygen atoms in total. The molecule has 8 heteroatoms. The molecule has 1 atom stereocenters. The van der Waals surface area contributed by atoms with Gasteiger partial charge in [0.15, 0.2) is 0 Å². The van der Waals surface area contributed by atoms with E-state index in [9.17, 15) is 9.59 Å². The van der Waals surface area contributed by atoms with Gasteiger partial charge in [0, 0.05) is 19.1 Å². The predicted molar refractivity (Wildman–Crippen MR) is 92.3 cm³/mol. The minimum Gasteiger partial charge on any atom is -0.472 e. The van der Waals surface area contributed by atoms with Gasteiger partial charge >= 0.3 is 0 Å². The Morgan fingerprint density at radius 2 is 2.12 bits per heavy atom. The van der Waals surface area contributed by atoms with E-state index in [2.05, 4.69) is 16.0 Å². The number of carbonyl (C=O) groups excluding carboxylic acids is 2. The molecule has 1 aromatic rings. The molecule has 0 aromatic carbocycles. The van der Waals surface area contributed by atoms with Crippen molar-refractivity contribution in [3.8, 4) is 0 Å². The Kier molecular flexibility index (Phi) is 8.24. The molecule has 0 saturated carbocycles. The number of furan rings is 1. The lowest BCUT2D eigenvalue weighted by molar-refractivity contribution is -0.123. The minimum absolute atomic E-state index is 0. The van der Waals surface area contributed by atoms with Gasteiger partial charge in [-0.25, -0.2) is 0 Å². The summed E-state index contributed by atoms with van der Waals surface area (Å²) in [5.41, 5.74) is 0.364. The molecule has 1 fully saturated rings. The molecule has 3 N–H and O–H groups in total. The van der Waals surface area contributed by atoms with Crippen molar-refractivity contribution in [2.24, 2.45) is 5.41 Å². The topological polar surface area (TPSA) is 92.6 Å². The molecule has 0 radical (unpaired) electrons. The van der Waals surface area contributed by atoms with E-state index in [1.165, 1.54) is 12.5 Å². The van der Waals surface area contributed by atoms with Crippen LogP contribution in [-0.2, 0) is 9.53 Å². The highest BCUT2D eigenvalue weighted by molar-refractivity contribution is 5.97. The van der Waals surface area contributed by atoms with Crippen molar-refractivity contribution < 1.29 is 18.7 Å². The fourth-order valence-electron chi connectivity index (χ4n) is 2.80. The van der Waals surface area contributed by atoms with Gasteiger partial charge in [-0.05, 0) is 38.9 Å². The van der Waals surface area contributed by atoms with Crippen LogP contribution in [0.1, 0.15) is 30.1 Å². The number of hydrogen-bond acceptors (Lipinski definition) is 5. The van der Waals surface area contributed by atoms with E-state index < -0.39 is 6.04 Å². The molecule has 1 aliphatic heterocycles. The van der Waals surface area contributed by atoms with Crippen LogP contribution in [-0.4, -0.2) is 51.2 Å². The largest absolute Gasteiger partial charge is 0.472 e. The summed E-state index contributed by atoms with van der Waals surface area (Å²) in [5.74, 6) is -0.522. The van der Waals surface area contributed by atoms with Crippen LogP contribution in [0.3, 0.4) is 0 Å². The molecule has 1 saturated heterocycles. The maximum atomic E-state index is 12.2. The van der Waals surface area contributed by atoms with E-state index >= 15 is 0 Å². The summed E-state index contributed by atoms with van der Waals surface area (Å²) in [6.45, 7) is 4.68. The highest BCUT2D eigenvalue weighted by Crippen LogP contribution is 2.28. The number of piperidine rings is 1. The maximum Gasteiger partial charge on any atom is 0.255 e. The van der Waals surface area contributed by atoms with Crippen molar-refractivity contribution in [3.05, 3.63) is 24.2 Å². The molecule has 0 aliphatic carbocycles. The fraction of sp³-hybridized carbons (Fsp3) is 0.625. The molecule has 2 heterocycles. The van der Waals surface area contributed by atoms with Crippen molar-refractivity contribution in [2.45, 2.75) is 25.8 Å². The highest BCUT2D eigenvalue weighted by Gasteiger charge is 2.33. The quantitative estimate of drug-likeness (QED) is 0.674. The number of amides is 2. The van der Waals surface area contributed by atoms with Crippen molar-refractivity contribution in [2.75, 3.05) is 33.4 Å². The summed E-state index contributed by atoms with van der Waals surface area (Å²) in [6, 6.07) is 0.946. The van der Waals surface area contributed by atoms with Crippen molar-refractivity contribution in [1.29, 1.82) is 0 Å². The van der Waals surface area contributed by atoms with Gasteiger partial charge < -0.3 is 25.1 Å². The van der Waals surface area contributed by atoms with Gasteiger partial charge in [0.25, 0.3) is 5.91 Å². The van der Waals surface area contributed by atoms with E-state index in [1.807, 2.05) is 0 Å². The second-order valence-corrected chi connectivity index (χ2v) is 6.11.